The van der Waals surface area contributed by atoms with Crippen molar-refractivity contribution in [1.29, 1.82) is 0 Å². The van der Waals surface area contributed by atoms with E-state index in [2.05, 4.69) is 10.2 Å². The number of amides is 1. The molecule has 0 bridgehead atoms. The second-order valence-electron chi connectivity index (χ2n) is 6.64. The van der Waals surface area contributed by atoms with Crippen molar-refractivity contribution >= 4 is 36.4 Å². The number of aliphatic hydroxyl groups is 1. The van der Waals surface area contributed by atoms with Gasteiger partial charge in [-0.25, -0.2) is 0 Å². The van der Waals surface area contributed by atoms with E-state index in [4.69, 9.17) is 4.74 Å². The number of piperidine rings is 1. The Morgan fingerprint density at radius 1 is 1.27 bits per heavy atom. The van der Waals surface area contributed by atoms with Crippen LogP contribution in [-0.2, 0) is 4.79 Å². The summed E-state index contributed by atoms with van der Waals surface area (Å²) in [5.74, 6) is 1.17. The molecule has 2 N–H and O–H groups in total. The number of hydrogen-bond acceptors (Lipinski definition) is 5. The molecule has 26 heavy (non-hydrogen) atoms. The molecule has 1 atom stereocenters. The summed E-state index contributed by atoms with van der Waals surface area (Å²) in [6.45, 7) is 4.33. The first kappa shape index (κ1) is 23.0. The van der Waals surface area contributed by atoms with Gasteiger partial charge in [0.15, 0.2) is 0 Å². The second-order valence-corrected chi connectivity index (χ2v) is 6.64. The lowest BCUT2D eigenvalue weighted by Gasteiger charge is -2.37. The quantitative estimate of drug-likeness (QED) is 0.777. The minimum Gasteiger partial charge on any atom is -0.497 e. The summed E-state index contributed by atoms with van der Waals surface area (Å²) in [4.78, 5) is 16.4. The minimum atomic E-state index is -0.344. The number of anilines is 1. The van der Waals surface area contributed by atoms with Crippen molar-refractivity contribution < 1.29 is 14.6 Å². The summed E-state index contributed by atoms with van der Waals surface area (Å²) in [6.07, 6.45) is 1.68. The molecule has 1 amide bonds. The van der Waals surface area contributed by atoms with Crippen molar-refractivity contribution in [3.05, 3.63) is 24.3 Å². The maximum absolute atomic E-state index is 12.5. The Morgan fingerprint density at radius 2 is 2.00 bits per heavy atom. The Kier molecular flexibility index (Phi) is 9.68. The summed E-state index contributed by atoms with van der Waals surface area (Å²) >= 11 is 0. The smallest absolute Gasteiger partial charge is 0.241 e. The summed E-state index contributed by atoms with van der Waals surface area (Å²) in [5.41, 5.74) is 0.873. The van der Waals surface area contributed by atoms with Crippen LogP contribution in [-0.4, -0.2) is 68.4 Å². The molecule has 0 aromatic heterocycles. The van der Waals surface area contributed by atoms with E-state index in [-0.39, 0.29) is 36.8 Å². The standard InChI is InChI=1S/C18H27N3O3.2ClH/c1-24-16-4-2-3-15(11-16)21-10-9-20(13-18(21)23)12-17(22)14-5-7-19-8-6-14;;/h2-4,11,14,17,19,22H,5-10,12-13H2,1H3;2*1H. The van der Waals surface area contributed by atoms with Gasteiger partial charge in [-0.15, -0.1) is 24.8 Å². The number of aliphatic hydroxyl groups excluding tert-OH is 1. The van der Waals surface area contributed by atoms with Gasteiger partial charge < -0.3 is 20.1 Å². The number of benzene rings is 1. The van der Waals surface area contributed by atoms with Crippen molar-refractivity contribution in [3.63, 3.8) is 0 Å². The van der Waals surface area contributed by atoms with Gasteiger partial charge in [-0.2, -0.15) is 0 Å². The van der Waals surface area contributed by atoms with Crippen molar-refractivity contribution in [1.82, 2.24) is 10.2 Å². The molecule has 0 aliphatic carbocycles. The molecule has 3 rings (SSSR count). The zero-order valence-electron chi connectivity index (χ0n) is 15.1. The Balaban J connectivity index is 0.00000169. The molecule has 2 aliphatic heterocycles. The predicted octanol–water partition coefficient (Wildman–Crippen LogP) is 1.55. The van der Waals surface area contributed by atoms with E-state index in [1.54, 1.807) is 12.0 Å². The third-order valence-electron chi connectivity index (χ3n) is 5.04. The monoisotopic (exact) mass is 405 g/mol. The second kappa shape index (κ2) is 10.9. The molecule has 0 radical (unpaired) electrons. The molecule has 1 unspecified atom stereocenters. The Bertz CT molecular complexity index is 570. The molecule has 2 heterocycles. The average molecular weight is 406 g/mol. The number of nitrogens with one attached hydrogen (secondary N) is 1. The predicted molar refractivity (Wildman–Crippen MR) is 108 cm³/mol. The highest BCUT2D eigenvalue weighted by Crippen LogP contribution is 2.23. The van der Waals surface area contributed by atoms with Gasteiger partial charge in [0.25, 0.3) is 0 Å². The molecule has 6 nitrogen and oxygen atoms in total. The van der Waals surface area contributed by atoms with Crippen LogP contribution in [0.15, 0.2) is 24.3 Å². The summed E-state index contributed by atoms with van der Waals surface area (Å²) in [5, 5.41) is 13.8. The average Bonchev–Trinajstić information content (AvgIpc) is 2.62. The minimum absolute atomic E-state index is 0. The lowest BCUT2D eigenvalue weighted by atomic mass is 9.92. The Morgan fingerprint density at radius 3 is 2.65 bits per heavy atom. The summed E-state index contributed by atoms with van der Waals surface area (Å²) in [7, 11) is 1.63. The fourth-order valence-electron chi connectivity index (χ4n) is 3.57. The first-order valence-corrected chi connectivity index (χ1v) is 8.73. The maximum atomic E-state index is 12.5. The van der Waals surface area contributed by atoms with E-state index in [1.807, 2.05) is 24.3 Å². The van der Waals surface area contributed by atoms with Gasteiger partial charge >= 0.3 is 0 Å². The number of ether oxygens (including phenoxy) is 1. The van der Waals surface area contributed by atoms with E-state index in [9.17, 15) is 9.90 Å². The number of β-amino-alcohol motifs (C(OH)–C–C–N with tert-alkyl or cyclic N) is 1. The van der Waals surface area contributed by atoms with Crippen molar-refractivity contribution in [3.8, 4) is 5.75 Å². The van der Waals surface area contributed by atoms with E-state index >= 15 is 0 Å². The molecule has 148 valence electrons. The lowest BCUT2D eigenvalue weighted by Crippen LogP contribution is -2.53. The SMILES string of the molecule is COc1cccc(N2CCN(CC(O)C3CCNCC3)CC2=O)c1.Cl.Cl. The van der Waals surface area contributed by atoms with Gasteiger partial charge in [0.2, 0.25) is 5.91 Å². The highest BCUT2D eigenvalue weighted by molar-refractivity contribution is 5.95. The lowest BCUT2D eigenvalue weighted by molar-refractivity contribution is -0.121. The van der Waals surface area contributed by atoms with Crippen LogP contribution in [0.1, 0.15) is 12.8 Å². The summed E-state index contributed by atoms with van der Waals surface area (Å²) in [6, 6.07) is 7.59. The fourth-order valence-corrected chi connectivity index (χ4v) is 3.57. The number of rotatable bonds is 5. The van der Waals surface area contributed by atoms with Gasteiger partial charge in [-0.3, -0.25) is 9.69 Å². The van der Waals surface area contributed by atoms with Gasteiger partial charge in [-0.05, 0) is 44.0 Å². The van der Waals surface area contributed by atoms with Gasteiger partial charge in [0, 0.05) is 31.4 Å². The molecule has 0 spiro atoms. The normalized spacial score (nSPS) is 20.1. The largest absolute Gasteiger partial charge is 0.497 e. The third-order valence-corrected chi connectivity index (χ3v) is 5.04. The van der Waals surface area contributed by atoms with Gasteiger partial charge in [-0.1, -0.05) is 6.07 Å². The van der Waals surface area contributed by atoms with E-state index in [0.29, 0.717) is 25.6 Å². The highest BCUT2D eigenvalue weighted by atomic mass is 35.5. The van der Waals surface area contributed by atoms with Crippen LogP contribution in [0.4, 0.5) is 5.69 Å². The van der Waals surface area contributed by atoms with E-state index < -0.39 is 0 Å². The topological polar surface area (TPSA) is 65.0 Å². The highest BCUT2D eigenvalue weighted by Gasteiger charge is 2.29. The van der Waals surface area contributed by atoms with Crippen LogP contribution in [0.2, 0.25) is 0 Å². The number of halogens is 2. The zero-order valence-corrected chi connectivity index (χ0v) is 16.7. The van der Waals surface area contributed by atoms with Crippen LogP contribution < -0.4 is 15.0 Å². The first-order chi connectivity index (χ1) is 11.7. The van der Waals surface area contributed by atoms with Crippen molar-refractivity contribution in [2.24, 2.45) is 5.92 Å². The first-order valence-electron chi connectivity index (χ1n) is 8.73. The molecular weight excluding hydrogens is 377 g/mol. The van der Waals surface area contributed by atoms with Crippen LogP contribution >= 0.6 is 24.8 Å². The number of hydrogen-bond donors (Lipinski definition) is 2. The Labute approximate surface area is 167 Å². The number of carbonyl (C=O) groups excluding carboxylic acids is 1. The molecular formula is C18H29Cl2N3O3. The summed E-state index contributed by atoms with van der Waals surface area (Å²) < 4.78 is 5.24. The zero-order chi connectivity index (χ0) is 16.9. The van der Waals surface area contributed by atoms with Crippen molar-refractivity contribution in [2.45, 2.75) is 18.9 Å². The third kappa shape index (κ3) is 5.72. The number of carbonyl (C=O) groups is 1. The van der Waals surface area contributed by atoms with E-state index in [0.717, 1.165) is 43.9 Å². The molecule has 1 aromatic rings. The molecule has 2 aliphatic rings. The van der Waals surface area contributed by atoms with Crippen LogP contribution in [0.5, 0.6) is 5.75 Å². The van der Waals surface area contributed by atoms with Gasteiger partial charge in [0.1, 0.15) is 5.75 Å². The molecule has 8 heteroatoms. The molecule has 1 aromatic carbocycles. The Hall–Kier alpha value is -1.05. The molecule has 2 saturated heterocycles. The fraction of sp³-hybridized carbons (Fsp3) is 0.611. The van der Waals surface area contributed by atoms with E-state index in [1.165, 1.54) is 0 Å². The van der Waals surface area contributed by atoms with Crippen LogP contribution in [0.3, 0.4) is 0 Å². The van der Waals surface area contributed by atoms with Crippen molar-refractivity contribution in [2.75, 3.05) is 51.3 Å². The van der Waals surface area contributed by atoms with Crippen LogP contribution in [0, 0.1) is 5.92 Å². The molecule has 2 fully saturated rings. The molecule has 0 saturated carbocycles. The number of methoxy groups -OCH3 is 1. The number of nitrogens with zero attached hydrogens (tertiary/aromatic N) is 2. The number of piperazine rings is 1. The van der Waals surface area contributed by atoms with Gasteiger partial charge in [0.05, 0.1) is 19.8 Å². The van der Waals surface area contributed by atoms with Crippen LogP contribution in [0.25, 0.3) is 0 Å². The maximum Gasteiger partial charge on any atom is 0.241 e.